The molecule has 1 aromatic carbocycles. The monoisotopic (exact) mass is 372 g/mol. The van der Waals surface area contributed by atoms with Crippen molar-refractivity contribution in [3.05, 3.63) is 48.0 Å². The van der Waals surface area contributed by atoms with E-state index in [1.807, 2.05) is 19.2 Å². The number of benzene rings is 1. The van der Waals surface area contributed by atoms with Crippen LogP contribution in [0.1, 0.15) is 0 Å². The van der Waals surface area contributed by atoms with Crippen LogP contribution in [0.5, 0.6) is 11.5 Å². The molecule has 0 saturated carbocycles. The van der Waals surface area contributed by atoms with Crippen molar-refractivity contribution >= 4 is 34.9 Å². The molecule has 0 spiro atoms. The molecule has 0 aliphatic heterocycles. The number of rotatable bonds is 6. The van der Waals surface area contributed by atoms with Crippen molar-refractivity contribution in [2.24, 2.45) is 0 Å². The zero-order valence-electron chi connectivity index (χ0n) is 14.5. The average molecular weight is 373 g/mol. The Kier molecular flexibility index (Phi) is 5.33. The summed E-state index contributed by atoms with van der Waals surface area (Å²) in [7, 11) is 4.98. The van der Waals surface area contributed by atoms with E-state index in [9.17, 15) is 0 Å². The predicted octanol–water partition coefficient (Wildman–Crippen LogP) is 3.45. The predicted molar refractivity (Wildman–Crippen MR) is 100.0 cm³/mol. The minimum Gasteiger partial charge on any atom is -0.497 e. The van der Waals surface area contributed by atoms with E-state index in [0.29, 0.717) is 29.1 Å². The largest absolute Gasteiger partial charge is 0.497 e. The molecule has 1 N–H and O–H groups in total. The first-order valence-electron chi connectivity index (χ1n) is 7.65. The Morgan fingerprint density at radius 2 is 1.92 bits per heavy atom. The van der Waals surface area contributed by atoms with Crippen molar-refractivity contribution in [3.8, 4) is 11.5 Å². The van der Waals surface area contributed by atoms with Gasteiger partial charge in [0.25, 0.3) is 0 Å². The summed E-state index contributed by atoms with van der Waals surface area (Å²) in [6, 6.07) is 9.09. The first-order valence-corrected chi connectivity index (χ1v) is 8.03. The van der Waals surface area contributed by atoms with Crippen molar-refractivity contribution in [1.29, 1.82) is 0 Å². The molecule has 134 valence electrons. The molecule has 9 heteroatoms. The first-order chi connectivity index (χ1) is 12.6. The Hall–Kier alpha value is -3.13. The second-order valence-electron chi connectivity index (χ2n) is 5.19. The van der Waals surface area contributed by atoms with Gasteiger partial charge in [0.05, 0.1) is 31.8 Å². The molecule has 0 atom stereocenters. The summed E-state index contributed by atoms with van der Waals surface area (Å²) in [5, 5.41) is 3.16. The van der Waals surface area contributed by atoms with Crippen LogP contribution < -0.4 is 19.7 Å². The molecule has 0 radical (unpaired) electrons. The van der Waals surface area contributed by atoms with E-state index >= 15 is 0 Å². The molecular formula is C17H17ClN6O2. The number of nitrogens with one attached hydrogen (secondary N) is 1. The number of hydrogen-bond donors (Lipinski definition) is 1. The van der Waals surface area contributed by atoms with E-state index in [1.165, 1.54) is 0 Å². The molecule has 0 amide bonds. The van der Waals surface area contributed by atoms with Gasteiger partial charge in [-0.1, -0.05) is 0 Å². The lowest BCUT2D eigenvalue weighted by Gasteiger charge is -2.17. The van der Waals surface area contributed by atoms with E-state index in [1.54, 1.807) is 49.7 Å². The van der Waals surface area contributed by atoms with Gasteiger partial charge in [-0.3, -0.25) is 4.98 Å². The Labute approximate surface area is 155 Å². The van der Waals surface area contributed by atoms with E-state index in [-0.39, 0.29) is 5.28 Å². The molecule has 0 aliphatic rings. The highest BCUT2D eigenvalue weighted by molar-refractivity contribution is 6.28. The van der Waals surface area contributed by atoms with Crippen LogP contribution in [-0.2, 0) is 0 Å². The molecule has 0 fully saturated rings. The highest BCUT2D eigenvalue weighted by Gasteiger charge is 2.13. The van der Waals surface area contributed by atoms with Gasteiger partial charge < -0.3 is 19.7 Å². The number of anilines is 4. The van der Waals surface area contributed by atoms with E-state index in [4.69, 9.17) is 21.1 Å². The van der Waals surface area contributed by atoms with Gasteiger partial charge in [0.2, 0.25) is 17.2 Å². The smallest absolute Gasteiger partial charge is 0.235 e. The van der Waals surface area contributed by atoms with Crippen LogP contribution in [0.3, 0.4) is 0 Å². The van der Waals surface area contributed by atoms with Crippen molar-refractivity contribution in [3.63, 3.8) is 0 Å². The van der Waals surface area contributed by atoms with Crippen molar-refractivity contribution in [2.45, 2.75) is 0 Å². The van der Waals surface area contributed by atoms with Gasteiger partial charge in [-0.25, -0.2) is 0 Å². The average Bonchev–Trinajstić information content (AvgIpc) is 2.68. The summed E-state index contributed by atoms with van der Waals surface area (Å²) in [6.07, 6.45) is 3.40. The topological polar surface area (TPSA) is 85.3 Å². The van der Waals surface area contributed by atoms with Crippen LogP contribution in [0.2, 0.25) is 5.28 Å². The third kappa shape index (κ3) is 3.92. The molecule has 3 rings (SSSR count). The van der Waals surface area contributed by atoms with Gasteiger partial charge >= 0.3 is 0 Å². The lowest BCUT2D eigenvalue weighted by atomic mass is 10.2. The van der Waals surface area contributed by atoms with Crippen molar-refractivity contribution in [1.82, 2.24) is 19.9 Å². The quantitative estimate of drug-likeness (QED) is 0.704. The molecule has 0 aliphatic carbocycles. The number of ether oxygens (including phenoxy) is 2. The molecule has 0 saturated heterocycles. The maximum atomic E-state index is 6.07. The molecular weight excluding hydrogens is 356 g/mol. The summed E-state index contributed by atoms with van der Waals surface area (Å²) >= 11 is 6.07. The SMILES string of the molecule is COc1ccc(Nc2nc(Cl)nc(N(C)c3cccnc3)n2)c(OC)c1. The van der Waals surface area contributed by atoms with Gasteiger partial charge in [0.1, 0.15) is 11.5 Å². The number of hydrogen-bond acceptors (Lipinski definition) is 8. The zero-order valence-corrected chi connectivity index (χ0v) is 15.2. The fraction of sp³-hybridized carbons (Fsp3) is 0.176. The fourth-order valence-electron chi connectivity index (χ4n) is 2.24. The number of pyridine rings is 1. The van der Waals surface area contributed by atoms with Gasteiger partial charge in [0.15, 0.2) is 0 Å². The minimum atomic E-state index is 0.0701. The first kappa shape index (κ1) is 17.7. The van der Waals surface area contributed by atoms with Gasteiger partial charge in [-0.15, -0.1) is 0 Å². The molecule has 2 aromatic heterocycles. The lowest BCUT2D eigenvalue weighted by molar-refractivity contribution is 0.395. The number of methoxy groups -OCH3 is 2. The van der Waals surface area contributed by atoms with E-state index in [2.05, 4.69) is 25.3 Å². The normalized spacial score (nSPS) is 10.3. The van der Waals surface area contributed by atoms with Gasteiger partial charge in [-0.05, 0) is 35.9 Å². The Balaban J connectivity index is 1.91. The van der Waals surface area contributed by atoms with Crippen molar-refractivity contribution < 1.29 is 9.47 Å². The summed E-state index contributed by atoms with van der Waals surface area (Å²) in [5.74, 6) is 1.94. The summed E-state index contributed by atoms with van der Waals surface area (Å²) in [6.45, 7) is 0. The van der Waals surface area contributed by atoms with Crippen LogP contribution >= 0.6 is 11.6 Å². The van der Waals surface area contributed by atoms with Crippen molar-refractivity contribution in [2.75, 3.05) is 31.5 Å². The number of aromatic nitrogens is 4. The van der Waals surface area contributed by atoms with Crippen LogP contribution in [0.25, 0.3) is 0 Å². The van der Waals surface area contributed by atoms with Crippen LogP contribution in [0.15, 0.2) is 42.7 Å². The fourth-order valence-corrected chi connectivity index (χ4v) is 2.39. The summed E-state index contributed by atoms with van der Waals surface area (Å²) in [5.41, 5.74) is 1.49. The second kappa shape index (κ2) is 7.83. The highest BCUT2D eigenvalue weighted by Crippen LogP contribution is 2.31. The Morgan fingerprint density at radius 3 is 2.62 bits per heavy atom. The molecule has 2 heterocycles. The zero-order chi connectivity index (χ0) is 18.5. The second-order valence-corrected chi connectivity index (χ2v) is 5.53. The maximum Gasteiger partial charge on any atom is 0.235 e. The van der Waals surface area contributed by atoms with Gasteiger partial charge in [-0.2, -0.15) is 15.0 Å². The molecule has 0 unspecified atom stereocenters. The molecule has 3 aromatic rings. The summed E-state index contributed by atoms with van der Waals surface area (Å²) < 4.78 is 10.6. The lowest BCUT2D eigenvalue weighted by Crippen LogP contribution is -2.15. The number of nitrogens with zero attached hydrogens (tertiary/aromatic N) is 5. The summed E-state index contributed by atoms with van der Waals surface area (Å²) in [4.78, 5) is 18.6. The van der Waals surface area contributed by atoms with E-state index < -0.39 is 0 Å². The maximum absolute atomic E-state index is 6.07. The third-order valence-electron chi connectivity index (χ3n) is 3.58. The standard InChI is InChI=1S/C17H17ClN6O2/c1-24(11-5-4-8-19-10-11)17-22-15(18)21-16(23-17)20-13-7-6-12(25-2)9-14(13)26-3/h4-10H,1-3H3,(H,20,21,22,23). The molecule has 8 nitrogen and oxygen atoms in total. The Bertz CT molecular complexity index is 894. The van der Waals surface area contributed by atoms with Gasteiger partial charge in [0, 0.05) is 19.3 Å². The number of halogens is 1. The van der Waals surface area contributed by atoms with Crippen LogP contribution in [0.4, 0.5) is 23.3 Å². The molecule has 26 heavy (non-hydrogen) atoms. The Morgan fingerprint density at radius 1 is 1.08 bits per heavy atom. The molecule has 0 bridgehead atoms. The van der Waals surface area contributed by atoms with Crippen LogP contribution in [0, 0.1) is 0 Å². The minimum absolute atomic E-state index is 0.0701. The van der Waals surface area contributed by atoms with E-state index in [0.717, 1.165) is 5.69 Å². The third-order valence-corrected chi connectivity index (χ3v) is 3.75. The van der Waals surface area contributed by atoms with Crippen LogP contribution in [-0.4, -0.2) is 41.2 Å². The highest BCUT2D eigenvalue weighted by atomic mass is 35.5.